The van der Waals surface area contributed by atoms with E-state index in [2.05, 4.69) is 19.2 Å². The van der Waals surface area contributed by atoms with Gasteiger partial charge in [-0.3, -0.25) is 4.79 Å². The van der Waals surface area contributed by atoms with Crippen molar-refractivity contribution in [1.82, 2.24) is 10.3 Å². The van der Waals surface area contributed by atoms with Gasteiger partial charge in [-0.2, -0.15) is 0 Å². The predicted octanol–water partition coefficient (Wildman–Crippen LogP) is 5.03. The van der Waals surface area contributed by atoms with E-state index in [1.165, 1.54) is 27.8 Å². The number of nitrogens with one attached hydrogen (secondary N) is 1. The standard InChI is InChI=1S/C29H34N2O6/c1-17-9-8-12-22(18(17)2)31-27(32)16-37-29(33)21-15-24(30-23-11-7-6-10-20(21)23)19-13-25(34-3)28(36-5)26(14-19)35-4/h6-7,10-11,13-15,17-18,22H,8-9,12,16H2,1-5H3,(H,31,32). The number of para-hydroxylation sites is 1. The summed E-state index contributed by atoms with van der Waals surface area (Å²) in [6.07, 6.45) is 3.20. The lowest BCUT2D eigenvalue weighted by molar-refractivity contribution is -0.125. The van der Waals surface area contributed by atoms with E-state index in [9.17, 15) is 9.59 Å². The van der Waals surface area contributed by atoms with Crippen molar-refractivity contribution in [3.8, 4) is 28.5 Å². The Kier molecular flexibility index (Phi) is 8.16. The highest BCUT2D eigenvalue weighted by Gasteiger charge is 2.28. The van der Waals surface area contributed by atoms with Crippen LogP contribution in [0.4, 0.5) is 0 Å². The zero-order valence-corrected chi connectivity index (χ0v) is 22.0. The SMILES string of the molecule is COc1cc(-c2cc(C(=O)OCC(=O)NC3CCCC(C)C3C)c3ccccc3n2)cc(OC)c1OC. The minimum atomic E-state index is -0.590. The van der Waals surface area contributed by atoms with Gasteiger partial charge in [-0.1, -0.05) is 44.9 Å². The average molecular weight is 507 g/mol. The van der Waals surface area contributed by atoms with Crippen molar-refractivity contribution in [2.75, 3.05) is 27.9 Å². The molecule has 0 spiro atoms. The molecule has 1 N–H and O–H groups in total. The summed E-state index contributed by atoms with van der Waals surface area (Å²) < 4.78 is 21.8. The number of hydrogen-bond acceptors (Lipinski definition) is 7. The van der Waals surface area contributed by atoms with Crippen molar-refractivity contribution >= 4 is 22.8 Å². The van der Waals surface area contributed by atoms with Crippen LogP contribution in [0.25, 0.3) is 22.2 Å². The van der Waals surface area contributed by atoms with E-state index in [-0.39, 0.29) is 18.6 Å². The number of esters is 1. The molecule has 1 aliphatic carbocycles. The molecule has 1 saturated carbocycles. The maximum absolute atomic E-state index is 13.2. The first-order valence-corrected chi connectivity index (χ1v) is 12.5. The molecule has 1 fully saturated rings. The summed E-state index contributed by atoms with van der Waals surface area (Å²) >= 11 is 0. The van der Waals surface area contributed by atoms with E-state index < -0.39 is 5.97 Å². The number of hydrogen-bond donors (Lipinski definition) is 1. The lowest BCUT2D eigenvalue weighted by Crippen LogP contribution is -2.45. The summed E-state index contributed by atoms with van der Waals surface area (Å²) in [5.74, 6) is 1.46. The molecule has 8 heteroatoms. The van der Waals surface area contributed by atoms with Crippen LogP contribution in [0.1, 0.15) is 43.5 Å². The molecular formula is C29H34N2O6. The van der Waals surface area contributed by atoms with Gasteiger partial charge in [-0.15, -0.1) is 0 Å². The first kappa shape index (κ1) is 26.3. The molecule has 1 heterocycles. The van der Waals surface area contributed by atoms with Crippen LogP contribution in [0.15, 0.2) is 42.5 Å². The molecule has 3 unspecified atom stereocenters. The van der Waals surface area contributed by atoms with Crippen molar-refractivity contribution < 1.29 is 28.5 Å². The van der Waals surface area contributed by atoms with Crippen LogP contribution in [-0.2, 0) is 9.53 Å². The third kappa shape index (κ3) is 5.63. The van der Waals surface area contributed by atoms with Gasteiger partial charge in [-0.25, -0.2) is 9.78 Å². The molecule has 2 aromatic carbocycles. The van der Waals surface area contributed by atoms with Gasteiger partial charge < -0.3 is 24.3 Å². The first-order valence-electron chi connectivity index (χ1n) is 12.5. The number of benzene rings is 2. The highest BCUT2D eigenvalue weighted by molar-refractivity contribution is 6.05. The summed E-state index contributed by atoms with van der Waals surface area (Å²) in [5, 5.41) is 3.69. The number of aromatic nitrogens is 1. The molecular weight excluding hydrogens is 472 g/mol. The lowest BCUT2D eigenvalue weighted by Gasteiger charge is -2.34. The Morgan fingerprint density at radius 2 is 1.68 bits per heavy atom. The van der Waals surface area contributed by atoms with Crippen LogP contribution in [0.5, 0.6) is 17.2 Å². The Morgan fingerprint density at radius 1 is 0.973 bits per heavy atom. The first-order chi connectivity index (χ1) is 17.9. The molecule has 37 heavy (non-hydrogen) atoms. The third-order valence-electron chi connectivity index (χ3n) is 7.28. The zero-order valence-electron chi connectivity index (χ0n) is 22.0. The second-order valence-corrected chi connectivity index (χ2v) is 9.50. The Balaban J connectivity index is 1.60. The van der Waals surface area contributed by atoms with Crippen LogP contribution in [0.3, 0.4) is 0 Å². The van der Waals surface area contributed by atoms with Gasteiger partial charge in [0.2, 0.25) is 5.75 Å². The molecule has 4 rings (SSSR count). The molecule has 1 amide bonds. The van der Waals surface area contributed by atoms with E-state index >= 15 is 0 Å². The van der Waals surface area contributed by atoms with Crippen molar-refractivity contribution in [2.24, 2.45) is 11.8 Å². The van der Waals surface area contributed by atoms with Crippen molar-refractivity contribution in [3.63, 3.8) is 0 Å². The van der Waals surface area contributed by atoms with E-state index in [0.717, 1.165) is 12.8 Å². The molecule has 0 aliphatic heterocycles. The van der Waals surface area contributed by atoms with Gasteiger partial charge in [0.25, 0.3) is 5.91 Å². The summed E-state index contributed by atoms with van der Waals surface area (Å²) in [6, 6.07) is 12.6. The third-order valence-corrected chi connectivity index (χ3v) is 7.28. The van der Waals surface area contributed by atoms with Crippen molar-refractivity contribution in [3.05, 3.63) is 48.0 Å². The Hall–Kier alpha value is -3.81. The maximum Gasteiger partial charge on any atom is 0.339 e. The fourth-order valence-corrected chi connectivity index (χ4v) is 4.96. The monoisotopic (exact) mass is 506 g/mol. The topological polar surface area (TPSA) is 96.0 Å². The Morgan fingerprint density at radius 3 is 2.35 bits per heavy atom. The summed E-state index contributed by atoms with van der Waals surface area (Å²) in [4.78, 5) is 30.6. The van der Waals surface area contributed by atoms with Crippen LogP contribution < -0.4 is 19.5 Å². The van der Waals surface area contributed by atoms with Crippen LogP contribution >= 0.6 is 0 Å². The predicted molar refractivity (Wildman–Crippen MR) is 141 cm³/mol. The number of ether oxygens (including phenoxy) is 4. The largest absolute Gasteiger partial charge is 0.493 e. The number of rotatable bonds is 8. The van der Waals surface area contributed by atoms with E-state index in [1.54, 1.807) is 18.2 Å². The average Bonchev–Trinajstić information content (AvgIpc) is 2.92. The highest BCUT2D eigenvalue weighted by Crippen LogP contribution is 2.41. The number of amides is 1. The van der Waals surface area contributed by atoms with Crippen molar-refractivity contribution in [2.45, 2.75) is 39.2 Å². The second kappa shape index (κ2) is 11.5. The number of carbonyl (C=O) groups excluding carboxylic acids is 2. The minimum Gasteiger partial charge on any atom is -0.493 e. The fourth-order valence-electron chi connectivity index (χ4n) is 4.96. The van der Waals surface area contributed by atoms with Gasteiger partial charge in [-0.05, 0) is 42.5 Å². The summed E-state index contributed by atoms with van der Waals surface area (Å²) in [6.45, 7) is 4.03. The lowest BCUT2D eigenvalue weighted by atomic mass is 9.78. The highest BCUT2D eigenvalue weighted by atomic mass is 16.5. The summed E-state index contributed by atoms with van der Waals surface area (Å²) in [5.41, 5.74) is 2.14. The van der Waals surface area contributed by atoms with Gasteiger partial charge >= 0.3 is 5.97 Å². The number of nitrogens with zero attached hydrogens (tertiary/aromatic N) is 1. The Bertz CT molecular complexity index is 1270. The molecule has 0 radical (unpaired) electrons. The number of methoxy groups -OCH3 is 3. The summed E-state index contributed by atoms with van der Waals surface area (Å²) in [7, 11) is 4.61. The number of fused-ring (bicyclic) bond motifs is 1. The van der Waals surface area contributed by atoms with Crippen LogP contribution in [0.2, 0.25) is 0 Å². The smallest absolute Gasteiger partial charge is 0.339 e. The normalized spacial score (nSPS) is 19.2. The number of carbonyl (C=O) groups is 2. The molecule has 3 aromatic rings. The van der Waals surface area contributed by atoms with Gasteiger partial charge in [0, 0.05) is 17.0 Å². The van der Waals surface area contributed by atoms with Crippen LogP contribution in [0, 0.1) is 11.8 Å². The molecule has 8 nitrogen and oxygen atoms in total. The molecule has 0 saturated heterocycles. The van der Waals surface area contributed by atoms with Gasteiger partial charge in [0.05, 0.1) is 38.1 Å². The van der Waals surface area contributed by atoms with Crippen LogP contribution in [-0.4, -0.2) is 50.8 Å². The van der Waals surface area contributed by atoms with Crippen molar-refractivity contribution in [1.29, 1.82) is 0 Å². The quantitative estimate of drug-likeness (QED) is 0.428. The van der Waals surface area contributed by atoms with E-state index in [1.807, 2.05) is 24.3 Å². The second-order valence-electron chi connectivity index (χ2n) is 9.50. The Labute approximate surface area is 217 Å². The fraction of sp³-hybridized carbons (Fsp3) is 0.414. The van der Waals surface area contributed by atoms with E-state index in [0.29, 0.717) is 56.8 Å². The number of pyridine rings is 1. The zero-order chi connectivity index (χ0) is 26.5. The molecule has 3 atom stereocenters. The van der Waals surface area contributed by atoms with Gasteiger partial charge in [0.1, 0.15) is 0 Å². The van der Waals surface area contributed by atoms with Gasteiger partial charge in [0.15, 0.2) is 18.1 Å². The molecule has 196 valence electrons. The molecule has 0 bridgehead atoms. The van der Waals surface area contributed by atoms with E-state index in [4.69, 9.17) is 23.9 Å². The molecule has 1 aliphatic rings. The molecule has 1 aromatic heterocycles. The minimum absolute atomic E-state index is 0.100. The maximum atomic E-state index is 13.2.